The SMILES string of the molecule is Cn1cnnc1-c1ccc(F)c2ccccc12. The lowest BCUT2D eigenvalue weighted by molar-refractivity contribution is 0.640. The minimum Gasteiger partial charge on any atom is -0.317 e. The molecule has 1 aromatic heterocycles. The van der Waals surface area contributed by atoms with E-state index < -0.39 is 0 Å². The number of aromatic nitrogens is 3. The Morgan fingerprint density at radius 2 is 1.82 bits per heavy atom. The molecule has 0 aliphatic heterocycles. The first kappa shape index (κ1) is 9.96. The van der Waals surface area contributed by atoms with E-state index in [1.165, 1.54) is 6.07 Å². The second-order valence-electron chi connectivity index (χ2n) is 3.91. The highest BCUT2D eigenvalue weighted by Gasteiger charge is 2.10. The van der Waals surface area contributed by atoms with E-state index in [0.29, 0.717) is 5.39 Å². The third-order valence-electron chi connectivity index (χ3n) is 2.82. The Balaban J connectivity index is 2.39. The van der Waals surface area contributed by atoms with E-state index in [9.17, 15) is 4.39 Å². The van der Waals surface area contributed by atoms with Crippen LogP contribution in [0.3, 0.4) is 0 Å². The summed E-state index contributed by atoms with van der Waals surface area (Å²) in [4.78, 5) is 0. The van der Waals surface area contributed by atoms with Gasteiger partial charge in [-0.05, 0) is 17.5 Å². The third kappa shape index (κ3) is 1.49. The molecule has 0 saturated carbocycles. The Morgan fingerprint density at radius 3 is 2.53 bits per heavy atom. The maximum Gasteiger partial charge on any atom is 0.164 e. The van der Waals surface area contributed by atoms with Crippen LogP contribution >= 0.6 is 0 Å². The summed E-state index contributed by atoms with van der Waals surface area (Å²) in [5, 5.41) is 9.36. The summed E-state index contributed by atoms with van der Waals surface area (Å²) < 4.78 is 15.5. The number of hydrogen-bond donors (Lipinski definition) is 0. The quantitative estimate of drug-likeness (QED) is 0.640. The molecule has 17 heavy (non-hydrogen) atoms. The van der Waals surface area contributed by atoms with Gasteiger partial charge in [0, 0.05) is 18.0 Å². The number of halogens is 1. The van der Waals surface area contributed by atoms with Gasteiger partial charge in [-0.2, -0.15) is 0 Å². The van der Waals surface area contributed by atoms with Crippen LogP contribution in [0.5, 0.6) is 0 Å². The summed E-state index contributed by atoms with van der Waals surface area (Å²) in [6, 6.07) is 10.6. The molecule has 0 N–H and O–H groups in total. The average molecular weight is 227 g/mol. The van der Waals surface area contributed by atoms with E-state index >= 15 is 0 Å². The molecule has 84 valence electrons. The average Bonchev–Trinajstić information content (AvgIpc) is 2.77. The first-order chi connectivity index (χ1) is 8.27. The molecule has 0 bridgehead atoms. The van der Waals surface area contributed by atoms with Crippen molar-refractivity contribution in [2.75, 3.05) is 0 Å². The van der Waals surface area contributed by atoms with Crippen molar-refractivity contribution in [1.82, 2.24) is 14.8 Å². The summed E-state index contributed by atoms with van der Waals surface area (Å²) in [7, 11) is 1.87. The fourth-order valence-corrected chi connectivity index (χ4v) is 1.98. The maximum absolute atomic E-state index is 13.7. The monoisotopic (exact) mass is 227 g/mol. The van der Waals surface area contributed by atoms with Gasteiger partial charge in [0.15, 0.2) is 5.82 Å². The summed E-state index contributed by atoms with van der Waals surface area (Å²) >= 11 is 0. The van der Waals surface area contributed by atoms with Crippen molar-refractivity contribution in [3.63, 3.8) is 0 Å². The van der Waals surface area contributed by atoms with Gasteiger partial charge in [0.1, 0.15) is 12.1 Å². The zero-order valence-electron chi connectivity index (χ0n) is 9.26. The summed E-state index contributed by atoms with van der Waals surface area (Å²) in [6.07, 6.45) is 1.63. The molecule has 0 amide bonds. The van der Waals surface area contributed by atoms with Crippen LogP contribution in [0.4, 0.5) is 4.39 Å². The lowest BCUT2D eigenvalue weighted by Crippen LogP contribution is -1.93. The van der Waals surface area contributed by atoms with Crippen molar-refractivity contribution < 1.29 is 4.39 Å². The van der Waals surface area contributed by atoms with Crippen molar-refractivity contribution >= 4 is 10.8 Å². The Kier molecular flexibility index (Phi) is 2.14. The molecule has 4 heteroatoms. The van der Waals surface area contributed by atoms with Crippen LogP contribution in [0.2, 0.25) is 0 Å². The van der Waals surface area contributed by atoms with Crippen LogP contribution in [-0.2, 0) is 7.05 Å². The third-order valence-corrected chi connectivity index (χ3v) is 2.82. The molecule has 1 heterocycles. The zero-order valence-corrected chi connectivity index (χ0v) is 9.26. The first-order valence-corrected chi connectivity index (χ1v) is 5.29. The molecule has 0 aliphatic carbocycles. The van der Waals surface area contributed by atoms with E-state index in [1.54, 1.807) is 18.5 Å². The van der Waals surface area contributed by atoms with Crippen LogP contribution in [0.25, 0.3) is 22.2 Å². The molecule has 0 radical (unpaired) electrons. The minimum atomic E-state index is -0.216. The van der Waals surface area contributed by atoms with Gasteiger partial charge in [-0.15, -0.1) is 10.2 Å². The van der Waals surface area contributed by atoms with Gasteiger partial charge >= 0.3 is 0 Å². The highest BCUT2D eigenvalue weighted by molar-refractivity contribution is 5.95. The summed E-state index contributed by atoms with van der Waals surface area (Å²) in [6.45, 7) is 0. The molecule has 0 fully saturated rings. The van der Waals surface area contributed by atoms with Gasteiger partial charge in [-0.1, -0.05) is 24.3 Å². The van der Waals surface area contributed by atoms with Crippen LogP contribution < -0.4 is 0 Å². The van der Waals surface area contributed by atoms with E-state index in [2.05, 4.69) is 10.2 Å². The lowest BCUT2D eigenvalue weighted by Gasteiger charge is -2.06. The predicted molar refractivity (Wildman–Crippen MR) is 63.9 cm³/mol. The summed E-state index contributed by atoms with van der Waals surface area (Å²) in [5.74, 6) is 0.521. The predicted octanol–water partition coefficient (Wildman–Crippen LogP) is 2.77. The molecular formula is C13H10FN3. The zero-order chi connectivity index (χ0) is 11.8. The number of hydrogen-bond acceptors (Lipinski definition) is 2. The lowest BCUT2D eigenvalue weighted by atomic mass is 10.0. The fourth-order valence-electron chi connectivity index (χ4n) is 1.98. The highest BCUT2D eigenvalue weighted by Crippen LogP contribution is 2.28. The Labute approximate surface area is 97.5 Å². The largest absolute Gasteiger partial charge is 0.317 e. The van der Waals surface area contributed by atoms with Crippen LogP contribution in [0.1, 0.15) is 0 Å². The van der Waals surface area contributed by atoms with E-state index in [0.717, 1.165) is 16.8 Å². The van der Waals surface area contributed by atoms with Gasteiger partial charge in [0.2, 0.25) is 0 Å². The molecule has 0 atom stereocenters. The molecule has 0 unspecified atom stereocenters. The number of benzene rings is 2. The maximum atomic E-state index is 13.7. The van der Waals surface area contributed by atoms with Gasteiger partial charge in [0.05, 0.1) is 0 Å². The molecule has 0 spiro atoms. The second-order valence-corrected chi connectivity index (χ2v) is 3.91. The Morgan fingerprint density at radius 1 is 1.06 bits per heavy atom. The standard InChI is InChI=1S/C13H10FN3/c1-17-8-15-16-13(17)11-6-7-12(14)10-5-3-2-4-9(10)11/h2-8H,1H3. The van der Waals surface area contributed by atoms with Crippen LogP contribution in [-0.4, -0.2) is 14.8 Å². The molecule has 3 nitrogen and oxygen atoms in total. The number of aryl methyl sites for hydroxylation is 1. The molecule has 3 aromatic rings. The smallest absolute Gasteiger partial charge is 0.164 e. The van der Waals surface area contributed by atoms with E-state index in [1.807, 2.05) is 29.8 Å². The first-order valence-electron chi connectivity index (χ1n) is 5.29. The fraction of sp³-hybridized carbons (Fsp3) is 0.0769. The minimum absolute atomic E-state index is 0.216. The topological polar surface area (TPSA) is 30.7 Å². The highest BCUT2D eigenvalue weighted by atomic mass is 19.1. The molecule has 0 saturated heterocycles. The van der Waals surface area contributed by atoms with Gasteiger partial charge in [0.25, 0.3) is 0 Å². The number of nitrogens with zero attached hydrogens (tertiary/aromatic N) is 3. The van der Waals surface area contributed by atoms with Gasteiger partial charge in [-0.25, -0.2) is 4.39 Å². The van der Waals surface area contributed by atoms with Gasteiger partial charge < -0.3 is 4.57 Å². The van der Waals surface area contributed by atoms with E-state index in [-0.39, 0.29) is 5.82 Å². The van der Waals surface area contributed by atoms with Crippen molar-refractivity contribution in [3.8, 4) is 11.4 Å². The number of rotatable bonds is 1. The normalized spacial score (nSPS) is 10.9. The Hall–Kier alpha value is -2.23. The van der Waals surface area contributed by atoms with Crippen molar-refractivity contribution in [2.24, 2.45) is 7.05 Å². The van der Waals surface area contributed by atoms with Crippen molar-refractivity contribution in [1.29, 1.82) is 0 Å². The van der Waals surface area contributed by atoms with Gasteiger partial charge in [-0.3, -0.25) is 0 Å². The molecule has 3 rings (SSSR count). The van der Waals surface area contributed by atoms with Crippen LogP contribution in [0.15, 0.2) is 42.7 Å². The molecule has 0 aliphatic rings. The van der Waals surface area contributed by atoms with Crippen molar-refractivity contribution in [3.05, 3.63) is 48.5 Å². The Bertz CT molecular complexity index is 688. The molecule has 2 aromatic carbocycles. The van der Waals surface area contributed by atoms with Crippen LogP contribution in [0, 0.1) is 5.82 Å². The molecular weight excluding hydrogens is 217 g/mol. The van der Waals surface area contributed by atoms with E-state index in [4.69, 9.17) is 0 Å². The second kappa shape index (κ2) is 3.66. The number of fused-ring (bicyclic) bond motifs is 1. The summed E-state index contributed by atoms with van der Waals surface area (Å²) in [5.41, 5.74) is 0.891. The van der Waals surface area contributed by atoms with Crippen molar-refractivity contribution in [2.45, 2.75) is 0 Å².